The van der Waals surface area contributed by atoms with Gasteiger partial charge in [-0.15, -0.1) is 0 Å². The first-order chi connectivity index (χ1) is 18.6. The SMILES string of the molecule is C=CC(=O)Nc1cc2c(Nc3cccc(-n4nccn4)c3)ncnc2cc1OCCCN1CCN(C)CC1. The number of piperazine rings is 1. The standard InChI is InChI=1S/C27H31N9O2/c1-3-26(37)33-24-17-22-23(18-25(24)38-15-5-10-35-13-11-34(2)12-14-35)28-19-29-27(22)32-20-6-4-7-21(16-20)36-30-8-9-31-36/h3-4,6-9,16-19H,1,5,10-15H2,2H3,(H,33,37)(H,28,29,32). The van der Waals surface area contributed by atoms with Gasteiger partial charge in [0.05, 0.1) is 35.9 Å². The molecule has 2 N–H and O–H groups in total. The Bertz CT molecular complexity index is 1400. The van der Waals surface area contributed by atoms with Crippen molar-refractivity contribution >= 4 is 34.0 Å². The molecule has 4 aromatic rings. The van der Waals surface area contributed by atoms with Crippen LogP contribution >= 0.6 is 0 Å². The fraction of sp³-hybridized carbons (Fsp3) is 0.296. The number of hydrogen-bond donors (Lipinski definition) is 2. The first-order valence-electron chi connectivity index (χ1n) is 12.6. The molecule has 1 saturated heterocycles. The lowest BCUT2D eigenvalue weighted by atomic mass is 10.1. The predicted molar refractivity (Wildman–Crippen MR) is 147 cm³/mol. The molecule has 1 aliphatic heterocycles. The second kappa shape index (κ2) is 11.8. The fourth-order valence-electron chi connectivity index (χ4n) is 4.32. The van der Waals surface area contributed by atoms with E-state index in [-0.39, 0.29) is 5.91 Å². The van der Waals surface area contributed by atoms with Crippen LogP contribution in [0.2, 0.25) is 0 Å². The summed E-state index contributed by atoms with van der Waals surface area (Å²) in [6, 6.07) is 11.3. The van der Waals surface area contributed by atoms with Crippen LogP contribution in [-0.2, 0) is 4.79 Å². The van der Waals surface area contributed by atoms with Gasteiger partial charge in [0.1, 0.15) is 17.9 Å². The number of fused-ring (bicyclic) bond motifs is 1. The smallest absolute Gasteiger partial charge is 0.247 e. The van der Waals surface area contributed by atoms with Crippen LogP contribution in [0.3, 0.4) is 0 Å². The Hall–Kier alpha value is -4.35. The number of nitrogens with one attached hydrogen (secondary N) is 2. The van der Waals surface area contributed by atoms with E-state index >= 15 is 0 Å². The summed E-state index contributed by atoms with van der Waals surface area (Å²) in [5.41, 5.74) is 2.85. The fourth-order valence-corrected chi connectivity index (χ4v) is 4.32. The van der Waals surface area contributed by atoms with Crippen LogP contribution in [0.4, 0.5) is 17.2 Å². The van der Waals surface area contributed by atoms with Crippen LogP contribution in [0.5, 0.6) is 5.75 Å². The van der Waals surface area contributed by atoms with E-state index in [0.717, 1.165) is 55.9 Å². The molecule has 5 rings (SSSR count). The van der Waals surface area contributed by atoms with Crippen LogP contribution in [0, 0.1) is 0 Å². The largest absolute Gasteiger partial charge is 0.491 e. The van der Waals surface area contributed by atoms with Crippen molar-refractivity contribution in [1.82, 2.24) is 34.8 Å². The Kier molecular flexibility index (Phi) is 7.86. The number of benzene rings is 2. The normalized spacial score (nSPS) is 14.3. The van der Waals surface area contributed by atoms with E-state index in [1.807, 2.05) is 36.4 Å². The molecular weight excluding hydrogens is 482 g/mol. The maximum absolute atomic E-state index is 12.2. The quantitative estimate of drug-likeness (QED) is 0.244. The summed E-state index contributed by atoms with van der Waals surface area (Å²) >= 11 is 0. The topological polar surface area (TPSA) is 113 Å². The average Bonchev–Trinajstić information content (AvgIpc) is 3.48. The highest BCUT2D eigenvalue weighted by atomic mass is 16.5. The molecule has 1 fully saturated rings. The molecule has 0 unspecified atom stereocenters. The second-order valence-corrected chi connectivity index (χ2v) is 9.12. The number of ether oxygens (including phenoxy) is 1. The van der Waals surface area contributed by atoms with Crippen LogP contribution in [-0.4, -0.2) is 87.0 Å². The van der Waals surface area contributed by atoms with E-state index in [1.54, 1.807) is 17.2 Å². The van der Waals surface area contributed by atoms with Gasteiger partial charge in [-0.25, -0.2) is 9.97 Å². The molecule has 1 amide bonds. The molecule has 3 heterocycles. The average molecular weight is 514 g/mol. The van der Waals surface area contributed by atoms with Gasteiger partial charge in [-0.3, -0.25) is 4.79 Å². The summed E-state index contributed by atoms with van der Waals surface area (Å²) in [5.74, 6) is 0.830. The zero-order chi connectivity index (χ0) is 26.3. The van der Waals surface area contributed by atoms with Gasteiger partial charge in [-0.1, -0.05) is 12.6 Å². The van der Waals surface area contributed by atoms with Crippen molar-refractivity contribution in [3.8, 4) is 11.4 Å². The molecule has 11 nitrogen and oxygen atoms in total. The van der Waals surface area contributed by atoms with Gasteiger partial charge >= 0.3 is 0 Å². The summed E-state index contributed by atoms with van der Waals surface area (Å²) in [7, 11) is 2.15. The Morgan fingerprint density at radius 1 is 1.11 bits per heavy atom. The molecule has 0 bridgehead atoms. The van der Waals surface area contributed by atoms with Gasteiger partial charge in [0.2, 0.25) is 5.91 Å². The second-order valence-electron chi connectivity index (χ2n) is 9.12. The van der Waals surface area contributed by atoms with Crippen molar-refractivity contribution in [1.29, 1.82) is 0 Å². The highest BCUT2D eigenvalue weighted by molar-refractivity contribution is 6.03. The van der Waals surface area contributed by atoms with Crippen molar-refractivity contribution in [2.24, 2.45) is 0 Å². The molecule has 0 spiro atoms. The van der Waals surface area contributed by atoms with Gasteiger partial charge in [-0.2, -0.15) is 15.0 Å². The Morgan fingerprint density at radius 3 is 2.71 bits per heavy atom. The number of likely N-dealkylation sites (N-methyl/N-ethyl adjacent to an activating group) is 1. The summed E-state index contributed by atoms with van der Waals surface area (Å²) in [6.07, 6.45) is 6.88. The zero-order valence-corrected chi connectivity index (χ0v) is 21.4. The third kappa shape index (κ3) is 6.13. The number of amides is 1. The van der Waals surface area contributed by atoms with E-state index in [2.05, 4.69) is 54.2 Å². The lowest BCUT2D eigenvalue weighted by Crippen LogP contribution is -2.44. The number of anilines is 3. The van der Waals surface area contributed by atoms with E-state index < -0.39 is 0 Å². The molecule has 2 aromatic carbocycles. The van der Waals surface area contributed by atoms with Crippen molar-refractivity contribution in [3.05, 3.63) is 67.8 Å². The van der Waals surface area contributed by atoms with Crippen molar-refractivity contribution in [2.75, 3.05) is 57.0 Å². The summed E-state index contributed by atoms with van der Waals surface area (Å²) in [4.78, 5) is 27.4. The minimum atomic E-state index is -0.322. The summed E-state index contributed by atoms with van der Waals surface area (Å²) in [5, 5.41) is 15.3. The number of aromatic nitrogens is 5. The van der Waals surface area contributed by atoms with Crippen LogP contribution in [0.15, 0.2) is 67.8 Å². The van der Waals surface area contributed by atoms with E-state index in [1.165, 1.54) is 12.4 Å². The molecule has 0 radical (unpaired) electrons. The number of carbonyl (C=O) groups excluding carboxylic acids is 1. The summed E-state index contributed by atoms with van der Waals surface area (Å²) in [6.45, 7) is 9.39. The number of rotatable bonds is 10. The number of hydrogen-bond acceptors (Lipinski definition) is 9. The Balaban J connectivity index is 1.35. The van der Waals surface area contributed by atoms with Gasteiger partial charge in [0.25, 0.3) is 0 Å². The van der Waals surface area contributed by atoms with E-state index in [9.17, 15) is 4.79 Å². The molecule has 2 aromatic heterocycles. The first kappa shape index (κ1) is 25.3. The third-order valence-corrected chi connectivity index (χ3v) is 6.41. The predicted octanol–water partition coefficient (Wildman–Crippen LogP) is 3.09. The van der Waals surface area contributed by atoms with Crippen LogP contribution in [0.25, 0.3) is 16.6 Å². The maximum Gasteiger partial charge on any atom is 0.247 e. The monoisotopic (exact) mass is 513 g/mol. The first-order valence-corrected chi connectivity index (χ1v) is 12.6. The molecule has 1 aliphatic rings. The highest BCUT2D eigenvalue weighted by Gasteiger charge is 2.15. The number of carbonyl (C=O) groups is 1. The van der Waals surface area contributed by atoms with Gasteiger partial charge in [-0.05, 0) is 43.8 Å². The number of nitrogens with zero attached hydrogens (tertiary/aromatic N) is 7. The van der Waals surface area contributed by atoms with Gasteiger partial charge in [0, 0.05) is 49.9 Å². The van der Waals surface area contributed by atoms with Crippen LogP contribution in [0.1, 0.15) is 6.42 Å². The highest BCUT2D eigenvalue weighted by Crippen LogP contribution is 2.33. The van der Waals surface area contributed by atoms with Gasteiger partial charge < -0.3 is 25.2 Å². The van der Waals surface area contributed by atoms with Crippen molar-refractivity contribution in [2.45, 2.75) is 6.42 Å². The lowest BCUT2D eigenvalue weighted by molar-refractivity contribution is -0.111. The zero-order valence-electron chi connectivity index (χ0n) is 21.4. The van der Waals surface area contributed by atoms with Crippen molar-refractivity contribution < 1.29 is 9.53 Å². The minimum absolute atomic E-state index is 0.322. The van der Waals surface area contributed by atoms with Crippen LogP contribution < -0.4 is 15.4 Å². The maximum atomic E-state index is 12.2. The molecule has 38 heavy (non-hydrogen) atoms. The van der Waals surface area contributed by atoms with E-state index in [4.69, 9.17) is 4.74 Å². The third-order valence-electron chi connectivity index (χ3n) is 6.41. The molecule has 0 saturated carbocycles. The summed E-state index contributed by atoms with van der Waals surface area (Å²) < 4.78 is 6.13. The van der Waals surface area contributed by atoms with Crippen molar-refractivity contribution in [3.63, 3.8) is 0 Å². The Morgan fingerprint density at radius 2 is 1.92 bits per heavy atom. The molecule has 0 atom stereocenters. The lowest BCUT2D eigenvalue weighted by Gasteiger charge is -2.32. The van der Waals surface area contributed by atoms with Gasteiger partial charge in [0.15, 0.2) is 0 Å². The molecule has 11 heteroatoms. The molecule has 196 valence electrons. The molecular formula is C27H31N9O2. The van der Waals surface area contributed by atoms with E-state index in [0.29, 0.717) is 29.4 Å². The molecule has 0 aliphatic carbocycles. The Labute approximate surface area is 221 Å². The minimum Gasteiger partial charge on any atom is -0.491 e.